The van der Waals surface area contributed by atoms with E-state index < -0.39 is 0 Å². The summed E-state index contributed by atoms with van der Waals surface area (Å²) in [5.41, 5.74) is 1.96. The third-order valence-corrected chi connectivity index (χ3v) is 4.66. The van der Waals surface area contributed by atoms with Crippen LogP contribution in [0.3, 0.4) is 0 Å². The lowest BCUT2D eigenvalue weighted by atomic mass is 9.90. The van der Waals surface area contributed by atoms with Crippen LogP contribution in [0.25, 0.3) is 0 Å². The lowest BCUT2D eigenvalue weighted by molar-refractivity contribution is 0.0811. The van der Waals surface area contributed by atoms with Crippen molar-refractivity contribution >= 4 is 17.4 Å². The van der Waals surface area contributed by atoms with Gasteiger partial charge in [-0.1, -0.05) is 60.1 Å². The molecule has 114 valence electrons. The van der Waals surface area contributed by atoms with Gasteiger partial charge < -0.3 is 0 Å². The highest BCUT2D eigenvalue weighted by Gasteiger charge is 2.26. The van der Waals surface area contributed by atoms with Crippen molar-refractivity contribution in [2.75, 3.05) is 13.1 Å². The highest BCUT2D eigenvalue weighted by Crippen LogP contribution is 2.24. The Kier molecular flexibility index (Phi) is 4.91. The highest BCUT2D eigenvalue weighted by molar-refractivity contribution is 6.31. The number of carbonyl (C=O) groups is 1. The highest BCUT2D eigenvalue weighted by atomic mass is 35.5. The van der Waals surface area contributed by atoms with Crippen LogP contribution in [-0.4, -0.2) is 23.8 Å². The molecule has 22 heavy (non-hydrogen) atoms. The van der Waals surface area contributed by atoms with Gasteiger partial charge in [0.25, 0.3) is 0 Å². The van der Waals surface area contributed by atoms with Crippen molar-refractivity contribution in [1.29, 1.82) is 0 Å². The summed E-state index contributed by atoms with van der Waals surface area (Å²) < 4.78 is 0. The molecule has 1 fully saturated rings. The van der Waals surface area contributed by atoms with Gasteiger partial charge in [-0.25, -0.2) is 0 Å². The Morgan fingerprint density at radius 1 is 1.09 bits per heavy atom. The van der Waals surface area contributed by atoms with E-state index >= 15 is 0 Å². The second-order valence-electron chi connectivity index (χ2n) is 5.90. The second-order valence-corrected chi connectivity index (χ2v) is 6.30. The minimum atomic E-state index is 0.0960. The molecular formula is C19H20ClNO. The maximum absolute atomic E-state index is 12.6. The lowest BCUT2D eigenvalue weighted by Crippen LogP contribution is -2.38. The summed E-state index contributed by atoms with van der Waals surface area (Å²) in [5, 5.41) is 0.805. The van der Waals surface area contributed by atoms with Crippen molar-refractivity contribution < 1.29 is 4.79 Å². The molecule has 1 heterocycles. The summed E-state index contributed by atoms with van der Waals surface area (Å²) in [6.07, 6.45) is 2.04. The molecule has 1 saturated heterocycles. The van der Waals surface area contributed by atoms with Gasteiger partial charge in [-0.2, -0.15) is 0 Å². The molecule has 0 spiro atoms. The Balaban J connectivity index is 1.67. The van der Waals surface area contributed by atoms with Crippen molar-refractivity contribution in [1.82, 2.24) is 4.90 Å². The minimum absolute atomic E-state index is 0.0960. The van der Waals surface area contributed by atoms with Crippen LogP contribution in [0.4, 0.5) is 0 Å². The number of likely N-dealkylation sites (tertiary alicyclic amines) is 1. The number of nitrogens with zero attached hydrogens (tertiary/aromatic N) is 1. The first-order valence-corrected chi connectivity index (χ1v) is 8.17. The van der Waals surface area contributed by atoms with Crippen LogP contribution in [-0.2, 0) is 6.54 Å². The van der Waals surface area contributed by atoms with E-state index in [4.69, 9.17) is 11.6 Å². The summed E-state index contributed by atoms with van der Waals surface area (Å²) in [4.78, 5) is 15.0. The van der Waals surface area contributed by atoms with Crippen molar-refractivity contribution in [3.63, 3.8) is 0 Å². The van der Waals surface area contributed by atoms with Crippen LogP contribution in [0.2, 0.25) is 5.02 Å². The van der Waals surface area contributed by atoms with Crippen molar-refractivity contribution in [3.05, 3.63) is 70.7 Å². The van der Waals surface area contributed by atoms with Gasteiger partial charge >= 0.3 is 0 Å². The van der Waals surface area contributed by atoms with E-state index in [1.807, 2.05) is 48.5 Å². The van der Waals surface area contributed by atoms with Crippen LogP contribution in [0.5, 0.6) is 0 Å². The van der Waals surface area contributed by atoms with E-state index in [2.05, 4.69) is 11.0 Å². The molecule has 0 aliphatic carbocycles. The fourth-order valence-electron chi connectivity index (χ4n) is 3.12. The van der Waals surface area contributed by atoms with E-state index in [0.717, 1.165) is 48.6 Å². The summed E-state index contributed by atoms with van der Waals surface area (Å²) >= 11 is 6.24. The third-order valence-electron chi connectivity index (χ3n) is 4.29. The molecule has 1 unspecified atom stereocenters. The zero-order valence-electron chi connectivity index (χ0n) is 12.5. The van der Waals surface area contributed by atoms with Crippen LogP contribution in [0.15, 0.2) is 54.6 Å². The van der Waals surface area contributed by atoms with Gasteiger partial charge in [0.2, 0.25) is 0 Å². The van der Waals surface area contributed by atoms with E-state index in [1.54, 1.807) is 0 Å². The van der Waals surface area contributed by atoms with Crippen LogP contribution >= 0.6 is 11.6 Å². The maximum atomic E-state index is 12.6. The molecule has 0 saturated carbocycles. The topological polar surface area (TPSA) is 20.3 Å². The summed E-state index contributed by atoms with van der Waals surface area (Å²) in [6, 6.07) is 17.6. The average molecular weight is 314 g/mol. The standard InChI is InChI=1S/C19H20ClNO/c20-18-11-5-4-9-16(18)13-21-12-6-10-17(14-21)19(22)15-7-2-1-3-8-15/h1-5,7-9,11,17H,6,10,12-14H2. The van der Waals surface area contributed by atoms with E-state index in [9.17, 15) is 4.79 Å². The van der Waals surface area contributed by atoms with Gasteiger partial charge in [-0.3, -0.25) is 9.69 Å². The number of hydrogen-bond donors (Lipinski definition) is 0. The number of hydrogen-bond acceptors (Lipinski definition) is 2. The largest absolute Gasteiger partial charge is 0.298 e. The fourth-order valence-corrected chi connectivity index (χ4v) is 3.31. The summed E-state index contributed by atoms with van der Waals surface area (Å²) in [7, 11) is 0. The Morgan fingerprint density at radius 2 is 1.82 bits per heavy atom. The molecule has 0 N–H and O–H groups in total. The van der Waals surface area contributed by atoms with Crippen LogP contribution in [0, 0.1) is 5.92 Å². The monoisotopic (exact) mass is 313 g/mol. The Hall–Kier alpha value is -1.64. The van der Waals surface area contributed by atoms with Gasteiger partial charge in [0.1, 0.15) is 0 Å². The Labute approximate surface area is 136 Å². The quantitative estimate of drug-likeness (QED) is 0.778. The number of piperidine rings is 1. The first kappa shape index (κ1) is 15.3. The number of carbonyl (C=O) groups excluding carboxylic acids is 1. The summed E-state index contributed by atoms with van der Waals surface area (Å²) in [5.74, 6) is 0.364. The average Bonchev–Trinajstić information content (AvgIpc) is 2.57. The molecule has 2 aromatic rings. The fraction of sp³-hybridized carbons (Fsp3) is 0.316. The van der Waals surface area contributed by atoms with Crippen LogP contribution in [0.1, 0.15) is 28.8 Å². The smallest absolute Gasteiger partial charge is 0.167 e. The van der Waals surface area contributed by atoms with Gasteiger partial charge in [-0.05, 0) is 31.0 Å². The first-order chi connectivity index (χ1) is 10.7. The minimum Gasteiger partial charge on any atom is -0.298 e. The molecule has 3 rings (SSSR count). The molecular weight excluding hydrogens is 294 g/mol. The second kappa shape index (κ2) is 7.08. The number of Topliss-reactive ketones (excluding diaryl/α,β-unsaturated/α-hetero) is 1. The molecule has 0 bridgehead atoms. The molecule has 1 atom stereocenters. The molecule has 1 aliphatic rings. The molecule has 2 aromatic carbocycles. The van der Waals surface area contributed by atoms with E-state index in [-0.39, 0.29) is 11.7 Å². The van der Waals surface area contributed by atoms with E-state index in [1.165, 1.54) is 0 Å². The first-order valence-electron chi connectivity index (χ1n) is 7.79. The van der Waals surface area contributed by atoms with Gasteiger partial charge in [0.15, 0.2) is 5.78 Å². The maximum Gasteiger partial charge on any atom is 0.167 e. The number of halogens is 1. The van der Waals surface area contributed by atoms with Gasteiger partial charge in [0.05, 0.1) is 0 Å². The van der Waals surface area contributed by atoms with Crippen molar-refractivity contribution in [2.24, 2.45) is 5.92 Å². The van der Waals surface area contributed by atoms with E-state index in [0.29, 0.717) is 0 Å². The number of ketones is 1. The molecule has 0 aromatic heterocycles. The Bertz CT molecular complexity index is 641. The zero-order chi connectivity index (χ0) is 15.4. The molecule has 0 radical (unpaired) electrons. The molecule has 1 aliphatic heterocycles. The van der Waals surface area contributed by atoms with Gasteiger partial charge in [-0.15, -0.1) is 0 Å². The normalized spacial score (nSPS) is 19.0. The lowest BCUT2D eigenvalue weighted by Gasteiger charge is -2.32. The number of rotatable bonds is 4. The Morgan fingerprint density at radius 3 is 2.59 bits per heavy atom. The zero-order valence-corrected chi connectivity index (χ0v) is 13.3. The molecule has 0 amide bonds. The predicted molar refractivity (Wildman–Crippen MR) is 90.2 cm³/mol. The van der Waals surface area contributed by atoms with Crippen molar-refractivity contribution in [2.45, 2.75) is 19.4 Å². The molecule has 3 heteroatoms. The van der Waals surface area contributed by atoms with Crippen LogP contribution < -0.4 is 0 Å². The SMILES string of the molecule is O=C(c1ccccc1)C1CCCN(Cc2ccccc2Cl)C1. The summed E-state index contributed by atoms with van der Waals surface area (Å²) in [6.45, 7) is 2.67. The third kappa shape index (κ3) is 3.57. The van der Waals surface area contributed by atoms with Crippen molar-refractivity contribution in [3.8, 4) is 0 Å². The predicted octanol–water partition coefficient (Wildman–Crippen LogP) is 4.43. The number of benzene rings is 2. The van der Waals surface area contributed by atoms with Gasteiger partial charge in [0, 0.05) is 29.6 Å². The molecule has 2 nitrogen and oxygen atoms in total.